The van der Waals surface area contributed by atoms with Crippen LogP contribution in [0.25, 0.3) is 0 Å². The van der Waals surface area contributed by atoms with Gasteiger partial charge in [0.25, 0.3) is 0 Å². The summed E-state index contributed by atoms with van der Waals surface area (Å²) in [7, 11) is 0. The van der Waals surface area contributed by atoms with E-state index in [1.807, 2.05) is 6.07 Å². The topological polar surface area (TPSA) is 76.7 Å². The lowest BCUT2D eigenvalue weighted by Crippen LogP contribution is -2.32. The molecule has 2 aromatic carbocycles. The quantitative estimate of drug-likeness (QED) is 0.771. The minimum Gasteiger partial charge on any atom is -0.486 e. The highest BCUT2D eigenvalue weighted by Gasteiger charge is 2.29. The molecule has 0 bridgehead atoms. The van der Waals surface area contributed by atoms with Crippen LogP contribution < -0.4 is 20.1 Å². The summed E-state index contributed by atoms with van der Waals surface area (Å²) < 4.78 is 11.0. The average molecular weight is 425 g/mol. The van der Waals surface area contributed by atoms with Crippen LogP contribution in [-0.4, -0.2) is 30.3 Å². The molecule has 0 aliphatic carbocycles. The fourth-order valence-corrected chi connectivity index (χ4v) is 4.25. The summed E-state index contributed by atoms with van der Waals surface area (Å²) in [5.74, 6) is 0.509. The Labute approximate surface area is 169 Å². The zero-order valence-corrected chi connectivity index (χ0v) is 16.2. The molecular formula is C18H14Cl2N2O4S. The summed E-state index contributed by atoms with van der Waals surface area (Å²) in [4.78, 5) is 25.6. The van der Waals surface area contributed by atoms with E-state index < -0.39 is 5.25 Å². The van der Waals surface area contributed by atoms with Crippen LogP contribution in [0.15, 0.2) is 35.2 Å². The Morgan fingerprint density at radius 1 is 1.19 bits per heavy atom. The summed E-state index contributed by atoms with van der Waals surface area (Å²) in [6, 6.07) is 8.49. The molecule has 9 heteroatoms. The molecule has 1 atom stereocenters. The third-order valence-electron chi connectivity index (χ3n) is 4.04. The minimum absolute atomic E-state index is 0.00331. The number of ether oxygens (including phenoxy) is 2. The van der Waals surface area contributed by atoms with Crippen molar-refractivity contribution < 1.29 is 19.1 Å². The predicted molar refractivity (Wildman–Crippen MR) is 105 cm³/mol. The lowest BCUT2D eigenvalue weighted by molar-refractivity contribution is -0.120. The minimum atomic E-state index is -0.547. The van der Waals surface area contributed by atoms with Crippen molar-refractivity contribution in [2.75, 3.05) is 23.8 Å². The van der Waals surface area contributed by atoms with Crippen molar-refractivity contribution in [1.82, 2.24) is 0 Å². The van der Waals surface area contributed by atoms with E-state index >= 15 is 0 Å². The molecule has 0 spiro atoms. The molecule has 4 rings (SSSR count). The molecule has 6 nitrogen and oxygen atoms in total. The van der Waals surface area contributed by atoms with E-state index in [1.54, 1.807) is 24.3 Å². The zero-order valence-electron chi connectivity index (χ0n) is 13.9. The molecule has 27 heavy (non-hydrogen) atoms. The summed E-state index contributed by atoms with van der Waals surface area (Å²) >= 11 is 13.5. The molecule has 2 amide bonds. The number of hydrogen-bond acceptors (Lipinski definition) is 5. The molecule has 0 fully saturated rings. The van der Waals surface area contributed by atoms with Crippen molar-refractivity contribution in [1.29, 1.82) is 0 Å². The zero-order chi connectivity index (χ0) is 19.0. The van der Waals surface area contributed by atoms with Gasteiger partial charge >= 0.3 is 0 Å². The van der Waals surface area contributed by atoms with Crippen molar-refractivity contribution >= 4 is 58.2 Å². The van der Waals surface area contributed by atoms with Crippen LogP contribution >= 0.6 is 35.0 Å². The van der Waals surface area contributed by atoms with Crippen molar-refractivity contribution in [2.24, 2.45) is 0 Å². The normalized spacial score (nSPS) is 17.7. The van der Waals surface area contributed by atoms with Gasteiger partial charge in [0.15, 0.2) is 11.5 Å². The maximum Gasteiger partial charge on any atom is 0.238 e. The standard InChI is InChI=1S/C18H14Cl2N2O4S/c19-9-1-2-15-12(5-9)22-18(24)16(27-15)8-17(23)21-11-7-14-13(6-10(11)20)25-3-4-26-14/h1-2,5-7,16H,3-4,8H2,(H,21,23)(H,22,24). The van der Waals surface area contributed by atoms with E-state index in [1.165, 1.54) is 11.8 Å². The van der Waals surface area contributed by atoms with Crippen LogP contribution in [-0.2, 0) is 9.59 Å². The van der Waals surface area contributed by atoms with Crippen molar-refractivity contribution in [2.45, 2.75) is 16.6 Å². The summed E-state index contributed by atoms with van der Waals surface area (Å²) in [5.41, 5.74) is 1.07. The van der Waals surface area contributed by atoms with Crippen molar-refractivity contribution in [3.63, 3.8) is 0 Å². The van der Waals surface area contributed by atoms with Gasteiger partial charge < -0.3 is 20.1 Å². The van der Waals surface area contributed by atoms with E-state index in [2.05, 4.69) is 10.6 Å². The van der Waals surface area contributed by atoms with E-state index in [-0.39, 0.29) is 18.2 Å². The fourth-order valence-electron chi connectivity index (χ4n) is 2.79. The number of benzene rings is 2. The highest BCUT2D eigenvalue weighted by Crippen LogP contribution is 2.40. The SMILES string of the molecule is O=C(CC1Sc2ccc(Cl)cc2NC1=O)Nc1cc2c(cc1Cl)OCCO2. The molecule has 0 radical (unpaired) electrons. The molecule has 0 saturated heterocycles. The summed E-state index contributed by atoms with van der Waals surface area (Å²) in [6.45, 7) is 0.889. The third-order valence-corrected chi connectivity index (χ3v) is 5.86. The van der Waals surface area contributed by atoms with Gasteiger partial charge in [-0.1, -0.05) is 23.2 Å². The van der Waals surface area contributed by atoms with Crippen molar-refractivity contribution in [3.05, 3.63) is 40.4 Å². The van der Waals surface area contributed by atoms with Gasteiger partial charge in [-0.15, -0.1) is 11.8 Å². The van der Waals surface area contributed by atoms with Crippen LogP contribution in [0.1, 0.15) is 6.42 Å². The molecular weight excluding hydrogens is 411 g/mol. The number of anilines is 2. The number of rotatable bonds is 3. The predicted octanol–water partition coefficient (Wildman–Crippen LogP) is 4.21. The van der Waals surface area contributed by atoms with E-state index in [0.717, 1.165) is 4.90 Å². The number of hydrogen-bond donors (Lipinski definition) is 2. The maximum atomic E-state index is 12.5. The number of amides is 2. The number of halogens is 2. The Bertz CT molecular complexity index is 938. The first kappa shape index (κ1) is 18.3. The van der Waals surface area contributed by atoms with Crippen molar-refractivity contribution in [3.8, 4) is 11.5 Å². The first-order chi connectivity index (χ1) is 13.0. The second-order valence-corrected chi connectivity index (χ2v) is 8.05. The maximum absolute atomic E-state index is 12.5. The van der Waals surface area contributed by atoms with Gasteiger partial charge in [-0.05, 0) is 18.2 Å². The van der Waals surface area contributed by atoms with Crippen LogP contribution in [0.3, 0.4) is 0 Å². The Hall–Kier alpha value is -2.09. The summed E-state index contributed by atoms with van der Waals surface area (Å²) in [6.07, 6.45) is 0.00331. The Kier molecular flexibility index (Phi) is 5.08. The van der Waals surface area contributed by atoms with Crippen LogP contribution in [0.5, 0.6) is 11.5 Å². The van der Waals surface area contributed by atoms with Crippen LogP contribution in [0.2, 0.25) is 10.0 Å². The van der Waals surface area contributed by atoms with Gasteiger partial charge in [0.1, 0.15) is 13.2 Å². The first-order valence-electron chi connectivity index (χ1n) is 8.15. The second-order valence-electron chi connectivity index (χ2n) is 5.96. The molecule has 1 unspecified atom stereocenters. The largest absolute Gasteiger partial charge is 0.486 e. The Balaban J connectivity index is 1.45. The van der Waals surface area contributed by atoms with E-state index in [0.29, 0.717) is 46.1 Å². The number of carbonyl (C=O) groups excluding carboxylic acids is 2. The Morgan fingerprint density at radius 3 is 2.70 bits per heavy atom. The number of carbonyl (C=O) groups is 2. The Morgan fingerprint density at radius 2 is 1.93 bits per heavy atom. The highest BCUT2D eigenvalue weighted by molar-refractivity contribution is 8.01. The molecule has 140 valence electrons. The number of thioether (sulfide) groups is 1. The van der Waals surface area contributed by atoms with Gasteiger partial charge in [0.2, 0.25) is 11.8 Å². The first-order valence-corrected chi connectivity index (χ1v) is 9.79. The molecule has 2 aliphatic rings. The van der Waals surface area contributed by atoms with Crippen LogP contribution in [0, 0.1) is 0 Å². The van der Waals surface area contributed by atoms with E-state index in [4.69, 9.17) is 32.7 Å². The lowest BCUT2D eigenvalue weighted by atomic mass is 10.2. The average Bonchev–Trinajstić information content (AvgIpc) is 2.63. The highest BCUT2D eigenvalue weighted by atomic mass is 35.5. The molecule has 0 saturated carbocycles. The van der Waals surface area contributed by atoms with Gasteiger partial charge in [-0.2, -0.15) is 0 Å². The molecule has 2 N–H and O–H groups in total. The number of nitrogens with one attached hydrogen (secondary N) is 2. The van der Waals surface area contributed by atoms with Gasteiger partial charge in [-0.3, -0.25) is 9.59 Å². The second kappa shape index (κ2) is 7.50. The molecule has 2 aliphatic heterocycles. The van der Waals surface area contributed by atoms with Gasteiger partial charge in [0.05, 0.1) is 21.6 Å². The lowest BCUT2D eigenvalue weighted by Gasteiger charge is -2.24. The van der Waals surface area contributed by atoms with E-state index in [9.17, 15) is 9.59 Å². The number of fused-ring (bicyclic) bond motifs is 2. The fraction of sp³-hybridized carbons (Fsp3) is 0.222. The van der Waals surface area contributed by atoms with Gasteiger partial charge in [0, 0.05) is 28.5 Å². The summed E-state index contributed by atoms with van der Waals surface area (Å²) in [5, 5.41) is 5.86. The van der Waals surface area contributed by atoms with Crippen LogP contribution in [0.4, 0.5) is 11.4 Å². The smallest absolute Gasteiger partial charge is 0.238 e. The molecule has 2 heterocycles. The monoisotopic (exact) mass is 424 g/mol. The molecule has 2 aromatic rings. The molecule has 0 aromatic heterocycles. The third kappa shape index (κ3) is 3.95. The van der Waals surface area contributed by atoms with Gasteiger partial charge in [-0.25, -0.2) is 0 Å².